The number of carbonyl (C=O) groups is 1. The minimum atomic E-state index is -3.16. The van der Waals surface area contributed by atoms with Crippen LogP contribution in [-0.4, -0.2) is 38.7 Å². The van der Waals surface area contributed by atoms with Gasteiger partial charge in [0.15, 0.2) is 0 Å². The van der Waals surface area contributed by atoms with Crippen molar-refractivity contribution in [3.8, 4) is 0 Å². The molecule has 1 aromatic carbocycles. The van der Waals surface area contributed by atoms with E-state index in [1.807, 2.05) is 0 Å². The number of nitrogens with zero attached hydrogens (tertiary/aromatic N) is 1. The van der Waals surface area contributed by atoms with E-state index in [1.165, 1.54) is 17.1 Å². The SMILES string of the molecule is O=C(CC1CC2CCC(C1)N2)Nc1ccc(N2CCCS2(=O)=O)cc1. The van der Waals surface area contributed by atoms with Crippen LogP contribution in [0.2, 0.25) is 0 Å². The maximum Gasteiger partial charge on any atom is 0.235 e. The Morgan fingerprint density at radius 2 is 1.84 bits per heavy atom. The summed E-state index contributed by atoms with van der Waals surface area (Å²) >= 11 is 0. The topological polar surface area (TPSA) is 78.5 Å². The van der Waals surface area contributed by atoms with Gasteiger partial charge >= 0.3 is 0 Å². The fourth-order valence-electron chi connectivity index (χ4n) is 4.46. The van der Waals surface area contributed by atoms with Crippen LogP contribution >= 0.6 is 0 Å². The quantitative estimate of drug-likeness (QED) is 0.859. The van der Waals surface area contributed by atoms with Crippen molar-refractivity contribution in [2.45, 2.75) is 50.6 Å². The number of amides is 1. The lowest BCUT2D eigenvalue weighted by Crippen LogP contribution is -2.39. The smallest absolute Gasteiger partial charge is 0.235 e. The van der Waals surface area contributed by atoms with Crippen molar-refractivity contribution < 1.29 is 13.2 Å². The maximum absolute atomic E-state index is 12.3. The molecule has 3 aliphatic rings. The van der Waals surface area contributed by atoms with E-state index in [-0.39, 0.29) is 11.7 Å². The van der Waals surface area contributed by atoms with Gasteiger partial charge in [0.1, 0.15) is 0 Å². The molecule has 0 spiro atoms. The molecule has 2 bridgehead atoms. The first-order valence-corrected chi connectivity index (χ1v) is 10.8. The van der Waals surface area contributed by atoms with Crippen LogP contribution in [0.25, 0.3) is 0 Å². The first kappa shape index (κ1) is 16.8. The van der Waals surface area contributed by atoms with Crippen molar-refractivity contribution in [1.82, 2.24) is 5.32 Å². The number of nitrogens with one attached hydrogen (secondary N) is 2. The highest BCUT2D eigenvalue weighted by molar-refractivity contribution is 7.93. The van der Waals surface area contributed by atoms with Gasteiger partial charge in [-0.3, -0.25) is 9.10 Å². The van der Waals surface area contributed by atoms with Gasteiger partial charge in [-0.15, -0.1) is 0 Å². The second kappa shape index (κ2) is 6.61. The predicted octanol–water partition coefficient (Wildman–Crippen LogP) is 2.09. The molecule has 0 radical (unpaired) electrons. The van der Waals surface area contributed by atoms with Crippen LogP contribution in [0.3, 0.4) is 0 Å². The second-order valence-electron chi connectivity index (χ2n) is 7.52. The summed E-state index contributed by atoms with van der Waals surface area (Å²) in [6.07, 6.45) is 5.90. The number of benzene rings is 1. The number of fused-ring (bicyclic) bond motifs is 2. The Morgan fingerprint density at radius 3 is 2.44 bits per heavy atom. The molecule has 0 aliphatic carbocycles. The van der Waals surface area contributed by atoms with Crippen LogP contribution in [0, 0.1) is 5.92 Å². The minimum absolute atomic E-state index is 0.0489. The third-order valence-electron chi connectivity index (χ3n) is 5.58. The molecule has 7 heteroatoms. The Bertz CT molecular complexity index is 735. The molecule has 2 atom stereocenters. The van der Waals surface area contributed by atoms with Gasteiger partial charge in [-0.05, 0) is 62.3 Å². The van der Waals surface area contributed by atoms with Gasteiger partial charge in [0.2, 0.25) is 15.9 Å². The lowest BCUT2D eigenvalue weighted by molar-refractivity contribution is -0.117. The molecular formula is C18H25N3O3S. The molecule has 2 unspecified atom stereocenters. The van der Waals surface area contributed by atoms with Crippen LogP contribution in [-0.2, 0) is 14.8 Å². The fraction of sp³-hybridized carbons (Fsp3) is 0.611. The Hall–Kier alpha value is -1.60. The minimum Gasteiger partial charge on any atom is -0.326 e. The lowest BCUT2D eigenvalue weighted by atomic mass is 9.89. The zero-order chi connectivity index (χ0) is 17.4. The Labute approximate surface area is 149 Å². The Morgan fingerprint density at radius 1 is 1.16 bits per heavy atom. The van der Waals surface area contributed by atoms with Gasteiger partial charge in [-0.2, -0.15) is 0 Å². The van der Waals surface area contributed by atoms with Crippen molar-refractivity contribution in [1.29, 1.82) is 0 Å². The summed E-state index contributed by atoms with van der Waals surface area (Å²) in [4.78, 5) is 12.3. The highest BCUT2D eigenvalue weighted by atomic mass is 32.2. The van der Waals surface area contributed by atoms with Crippen LogP contribution in [0.5, 0.6) is 0 Å². The van der Waals surface area contributed by atoms with Crippen LogP contribution < -0.4 is 14.9 Å². The monoisotopic (exact) mass is 363 g/mol. The summed E-state index contributed by atoms with van der Waals surface area (Å²) in [5.41, 5.74) is 1.40. The van der Waals surface area contributed by atoms with E-state index in [9.17, 15) is 13.2 Å². The molecule has 1 aromatic rings. The second-order valence-corrected chi connectivity index (χ2v) is 9.53. The van der Waals surface area contributed by atoms with Crippen LogP contribution in [0.1, 0.15) is 38.5 Å². The third-order valence-corrected chi connectivity index (χ3v) is 7.45. The average molecular weight is 363 g/mol. The molecule has 2 N–H and O–H groups in total. The highest BCUT2D eigenvalue weighted by Gasteiger charge is 2.34. The van der Waals surface area contributed by atoms with Gasteiger partial charge < -0.3 is 10.6 Å². The summed E-state index contributed by atoms with van der Waals surface area (Å²) in [6.45, 7) is 0.534. The predicted molar refractivity (Wildman–Crippen MR) is 98.1 cm³/mol. The molecule has 3 saturated heterocycles. The zero-order valence-electron chi connectivity index (χ0n) is 14.3. The molecule has 4 rings (SSSR count). The van der Waals surface area contributed by atoms with Crippen LogP contribution in [0.15, 0.2) is 24.3 Å². The maximum atomic E-state index is 12.3. The van der Waals surface area contributed by atoms with Crippen molar-refractivity contribution >= 4 is 27.3 Å². The molecule has 3 aliphatic heterocycles. The number of carbonyl (C=O) groups excluding carboxylic acids is 1. The molecule has 6 nitrogen and oxygen atoms in total. The number of piperidine rings is 1. The lowest BCUT2D eigenvalue weighted by Gasteiger charge is -2.28. The molecule has 3 fully saturated rings. The molecule has 25 heavy (non-hydrogen) atoms. The number of hydrogen-bond acceptors (Lipinski definition) is 4. The molecule has 0 aromatic heterocycles. The van der Waals surface area contributed by atoms with E-state index >= 15 is 0 Å². The summed E-state index contributed by atoms with van der Waals surface area (Å²) in [5.74, 6) is 0.726. The molecule has 0 saturated carbocycles. The molecule has 136 valence electrons. The van der Waals surface area contributed by atoms with E-state index < -0.39 is 10.0 Å². The summed E-state index contributed by atoms with van der Waals surface area (Å²) in [6, 6.07) is 8.30. The first-order chi connectivity index (χ1) is 12.0. The normalized spacial score (nSPS) is 30.4. The van der Waals surface area contributed by atoms with E-state index in [0.717, 1.165) is 18.5 Å². The first-order valence-electron chi connectivity index (χ1n) is 9.16. The van der Waals surface area contributed by atoms with Gasteiger partial charge in [0.05, 0.1) is 11.4 Å². The number of anilines is 2. The Kier molecular flexibility index (Phi) is 4.45. The molecule has 1 amide bonds. The summed E-state index contributed by atoms with van der Waals surface area (Å²) < 4.78 is 25.4. The number of rotatable bonds is 4. The summed E-state index contributed by atoms with van der Waals surface area (Å²) in [5, 5.41) is 6.55. The van der Waals surface area contributed by atoms with E-state index in [1.54, 1.807) is 24.3 Å². The van der Waals surface area contributed by atoms with Gasteiger partial charge in [-0.25, -0.2) is 8.42 Å². The fourth-order valence-corrected chi connectivity index (χ4v) is 6.02. The largest absolute Gasteiger partial charge is 0.326 e. The molecular weight excluding hydrogens is 338 g/mol. The molecule has 3 heterocycles. The average Bonchev–Trinajstić information content (AvgIpc) is 3.09. The third kappa shape index (κ3) is 3.67. The highest BCUT2D eigenvalue weighted by Crippen LogP contribution is 2.33. The van der Waals surface area contributed by atoms with Gasteiger partial charge in [0, 0.05) is 30.7 Å². The summed E-state index contributed by atoms with van der Waals surface area (Å²) in [7, 11) is -3.16. The van der Waals surface area contributed by atoms with Gasteiger partial charge in [0.25, 0.3) is 0 Å². The van der Waals surface area contributed by atoms with Crippen molar-refractivity contribution in [3.05, 3.63) is 24.3 Å². The van der Waals surface area contributed by atoms with Gasteiger partial charge in [-0.1, -0.05) is 0 Å². The Balaban J connectivity index is 1.34. The number of sulfonamides is 1. The van der Waals surface area contributed by atoms with Crippen molar-refractivity contribution in [2.24, 2.45) is 5.92 Å². The van der Waals surface area contributed by atoms with E-state index in [2.05, 4.69) is 10.6 Å². The van der Waals surface area contributed by atoms with Crippen LogP contribution in [0.4, 0.5) is 11.4 Å². The van der Waals surface area contributed by atoms with E-state index in [4.69, 9.17) is 0 Å². The van der Waals surface area contributed by atoms with E-state index in [0.29, 0.717) is 43.1 Å². The van der Waals surface area contributed by atoms with Crippen molar-refractivity contribution in [3.63, 3.8) is 0 Å². The van der Waals surface area contributed by atoms with Crippen molar-refractivity contribution in [2.75, 3.05) is 21.9 Å². The zero-order valence-corrected chi connectivity index (χ0v) is 15.1. The number of hydrogen-bond donors (Lipinski definition) is 2. The standard InChI is InChI=1S/C18H25N3O3S/c22-18(12-13-10-15-2-3-16(11-13)19-15)20-14-4-6-17(7-5-14)21-8-1-9-25(21,23)24/h4-7,13,15-16,19H,1-3,8-12H2,(H,20,22).